The number of nitrogens with one attached hydrogen (secondary N) is 2. The van der Waals surface area contributed by atoms with Gasteiger partial charge in [-0.15, -0.1) is 5.48 Å². The first-order chi connectivity index (χ1) is 30.9. The molecule has 4 N–H and O–H groups in total. The zero-order valence-electron chi connectivity index (χ0n) is 39.3. The lowest BCUT2D eigenvalue weighted by atomic mass is 9.99. The molecule has 0 aliphatic rings. The predicted molar refractivity (Wildman–Crippen MR) is 247 cm³/mol. The Balaban J connectivity index is 0.0000410. The molecule has 65 heavy (non-hydrogen) atoms. The molecule has 376 valence electrons. The summed E-state index contributed by atoms with van der Waals surface area (Å²) < 4.78 is 40.1. The number of carbonyl (C=O) groups excluding carboxylic acids is 4. The summed E-state index contributed by atoms with van der Waals surface area (Å²) in [6.07, 6.45) is 13.6. The second-order valence-corrected chi connectivity index (χ2v) is 16.1. The van der Waals surface area contributed by atoms with Gasteiger partial charge < -0.3 is 58.1 Å². The van der Waals surface area contributed by atoms with Crippen molar-refractivity contribution in [2.24, 2.45) is 5.90 Å². The van der Waals surface area contributed by atoms with Crippen LogP contribution < -0.4 is 26.3 Å². The molecule has 1 amide bonds. The number of carbonyl (C=O) groups is 4. The molecule has 5 unspecified atom stereocenters. The Hall–Kier alpha value is -3.56. The van der Waals surface area contributed by atoms with Gasteiger partial charge in [0.1, 0.15) is 50.9 Å². The highest BCUT2D eigenvalue weighted by Gasteiger charge is 2.35. The summed E-state index contributed by atoms with van der Waals surface area (Å²) in [5.74, 6) is 2.71. The minimum atomic E-state index is -1.29. The number of benzene rings is 1. The average molecular weight is 929 g/mol. The molecule has 0 bridgehead atoms. The van der Waals surface area contributed by atoms with E-state index < -0.39 is 18.5 Å². The number of carboxylic acid groups (broad SMARTS) is 1. The van der Waals surface area contributed by atoms with E-state index in [0.29, 0.717) is 29.7 Å². The molecule has 0 fully saturated rings. The second kappa shape index (κ2) is 39.6. The number of hydroxylamine groups is 1. The summed E-state index contributed by atoms with van der Waals surface area (Å²) in [6.45, 7) is 16.8. The molecule has 0 aromatic heterocycles. The number of carboxylic acids is 1. The number of amides is 1. The predicted octanol–water partition coefficient (Wildman–Crippen LogP) is 4.48. The molecule has 1 rings (SSSR count). The molecule has 0 heterocycles. The lowest BCUT2D eigenvalue weighted by Crippen LogP contribution is -2.57. The van der Waals surface area contributed by atoms with Crippen molar-refractivity contribution < 1.29 is 67.1 Å². The third-order valence-corrected chi connectivity index (χ3v) is 10.2. The minimum Gasteiger partial charge on any atom is -0.548 e. The molecule has 1 aromatic carbocycles. The molecule has 18 nitrogen and oxygen atoms in total. The number of aliphatic carboxylic acids is 1. The maximum atomic E-state index is 14.0. The number of ether oxygens (including phenoxy) is 7. The molecule has 0 aliphatic carbocycles. The fourth-order valence-corrected chi connectivity index (χ4v) is 7.11. The molecule has 0 aliphatic heterocycles. The fourth-order valence-electron chi connectivity index (χ4n) is 7.11. The zero-order valence-corrected chi connectivity index (χ0v) is 39.3. The average Bonchev–Trinajstić information content (AvgIpc) is 3.27. The van der Waals surface area contributed by atoms with Gasteiger partial charge >= 0.3 is 12.4 Å². The SMILES string of the molecule is C.C=CC[N+](CC(C)OCCOCNOC=O)(CC(C)OCCOCC(=O)ON)c1cc(CCCCCCCCCCCC)cc(C(=O)NCC(C)OCC(C)OCCOCC(=O)[O-])c1. The van der Waals surface area contributed by atoms with Crippen LogP contribution >= 0.6 is 0 Å². The number of hydrogen-bond acceptors (Lipinski definition) is 16. The highest BCUT2D eigenvalue weighted by atomic mass is 16.7. The van der Waals surface area contributed by atoms with Crippen molar-refractivity contribution >= 4 is 30.0 Å². The van der Waals surface area contributed by atoms with Crippen LogP contribution in [-0.2, 0) is 63.6 Å². The molecule has 0 saturated carbocycles. The van der Waals surface area contributed by atoms with Crippen LogP contribution in [0.1, 0.15) is 122 Å². The van der Waals surface area contributed by atoms with Crippen LogP contribution in [0.3, 0.4) is 0 Å². The first-order valence-corrected chi connectivity index (χ1v) is 22.9. The van der Waals surface area contributed by atoms with Gasteiger partial charge in [-0.1, -0.05) is 78.7 Å². The van der Waals surface area contributed by atoms with Crippen molar-refractivity contribution in [1.29, 1.82) is 0 Å². The number of quaternary nitrogens is 1. The molecule has 5 atom stereocenters. The van der Waals surface area contributed by atoms with E-state index in [4.69, 9.17) is 39.1 Å². The fraction of sp³-hybridized carbons (Fsp3) is 0.745. The van der Waals surface area contributed by atoms with Crippen molar-refractivity contribution in [3.63, 3.8) is 0 Å². The first kappa shape index (κ1) is 61.4. The highest BCUT2D eigenvalue weighted by Crippen LogP contribution is 2.30. The van der Waals surface area contributed by atoms with Gasteiger partial charge in [0.05, 0.1) is 71.0 Å². The summed E-state index contributed by atoms with van der Waals surface area (Å²) in [5.41, 5.74) is 4.85. The molecule has 0 radical (unpaired) electrons. The van der Waals surface area contributed by atoms with Gasteiger partial charge in [-0.25, -0.2) is 4.79 Å². The Kier molecular flexibility index (Phi) is 37.4. The van der Waals surface area contributed by atoms with Gasteiger partial charge in [-0.05, 0) is 58.2 Å². The summed E-state index contributed by atoms with van der Waals surface area (Å²) in [7, 11) is 0. The van der Waals surface area contributed by atoms with E-state index >= 15 is 0 Å². The second-order valence-electron chi connectivity index (χ2n) is 16.1. The van der Waals surface area contributed by atoms with Crippen LogP contribution in [0.25, 0.3) is 0 Å². The van der Waals surface area contributed by atoms with Gasteiger partial charge in [0, 0.05) is 24.2 Å². The smallest absolute Gasteiger partial charge is 0.350 e. The number of rotatable bonds is 44. The molecule has 18 heteroatoms. The van der Waals surface area contributed by atoms with Crippen molar-refractivity contribution in [2.45, 2.75) is 137 Å². The minimum absolute atomic E-state index is 0. The summed E-state index contributed by atoms with van der Waals surface area (Å²) >= 11 is 0. The van der Waals surface area contributed by atoms with Crippen LogP contribution in [-0.4, -0.2) is 141 Å². The molecule has 0 spiro atoms. The van der Waals surface area contributed by atoms with Crippen LogP contribution in [0.4, 0.5) is 5.69 Å². The van der Waals surface area contributed by atoms with Crippen molar-refractivity contribution in [3.05, 3.63) is 42.0 Å². The summed E-state index contributed by atoms with van der Waals surface area (Å²) in [5, 5.41) is 13.6. The van der Waals surface area contributed by atoms with E-state index in [9.17, 15) is 24.3 Å². The van der Waals surface area contributed by atoms with Crippen LogP contribution in [0.5, 0.6) is 0 Å². The normalized spacial score (nSPS) is 14.0. The van der Waals surface area contributed by atoms with Crippen LogP contribution in [0.2, 0.25) is 0 Å². The number of unbranched alkanes of at least 4 members (excludes halogenated alkanes) is 9. The van der Waals surface area contributed by atoms with Gasteiger partial charge in [0.2, 0.25) is 0 Å². The quantitative estimate of drug-likeness (QED) is 0.0205. The Bertz CT molecular complexity index is 1410. The maximum Gasteiger partial charge on any atom is 0.350 e. The van der Waals surface area contributed by atoms with Crippen LogP contribution in [0.15, 0.2) is 30.9 Å². The van der Waals surface area contributed by atoms with Crippen molar-refractivity contribution in [2.75, 3.05) is 92.4 Å². The molecular weight excluding hydrogens is 845 g/mol. The number of hydrogen-bond donors (Lipinski definition) is 3. The van der Waals surface area contributed by atoms with E-state index in [1.807, 2.05) is 45.9 Å². The van der Waals surface area contributed by atoms with Gasteiger partial charge in [0.25, 0.3) is 5.91 Å². The van der Waals surface area contributed by atoms with E-state index in [2.05, 4.69) is 40.0 Å². The molecule has 1 aromatic rings. The molecular formula is C47H84N4O14. The third-order valence-electron chi connectivity index (χ3n) is 10.2. The number of nitrogens with zero attached hydrogens (tertiary/aromatic N) is 1. The monoisotopic (exact) mass is 929 g/mol. The summed E-state index contributed by atoms with van der Waals surface area (Å²) in [6, 6.07) is 6.10. The lowest BCUT2D eigenvalue weighted by Gasteiger charge is -2.41. The molecule has 0 saturated heterocycles. The van der Waals surface area contributed by atoms with E-state index in [0.717, 1.165) is 30.5 Å². The summed E-state index contributed by atoms with van der Waals surface area (Å²) in [4.78, 5) is 55.0. The van der Waals surface area contributed by atoms with Gasteiger partial charge in [-0.3, -0.25) is 14.1 Å². The highest BCUT2D eigenvalue weighted by molar-refractivity contribution is 5.95. The van der Waals surface area contributed by atoms with E-state index in [-0.39, 0.29) is 110 Å². The largest absolute Gasteiger partial charge is 0.548 e. The topological polar surface area (TPSA) is 224 Å². The van der Waals surface area contributed by atoms with E-state index in [1.165, 1.54) is 51.4 Å². The van der Waals surface area contributed by atoms with Gasteiger partial charge in [-0.2, -0.15) is 5.90 Å². The van der Waals surface area contributed by atoms with Crippen molar-refractivity contribution in [1.82, 2.24) is 15.3 Å². The Morgan fingerprint density at radius 3 is 1.89 bits per heavy atom. The maximum absolute atomic E-state index is 14.0. The van der Waals surface area contributed by atoms with Crippen LogP contribution in [0, 0.1) is 0 Å². The standard InChI is InChI=1S/C46H80N4O14.CH4/c1-7-9-10-11-12-13-14-15-16-17-18-41-26-42(46(55)48-29-37(3)62-32-40(6)61-24-20-56-33-44(52)53)28-43(27-41)50(19-8-2,30-38(4)59-23-21-57-34-45(54)64-47)31-39(5)60-25-22-58-35-49-63-36-51;/h8,26-28,36-40,49H,2,7,9-25,29-35,47H2,1,3-6H3,(H-,48,52,53,55);1H4. The number of aryl methyl sites for hydroxylation is 1. The third kappa shape index (κ3) is 31.1. The Morgan fingerprint density at radius 2 is 1.32 bits per heavy atom. The Labute approximate surface area is 388 Å². The zero-order chi connectivity index (χ0) is 47.3. The van der Waals surface area contributed by atoms with Crippen molar-refractivity contribution in [3.8, 4) is 0 Å². The number of nitrogens with two attached hydrogens (primary N) is 1. The Morgan fingerprint density at radius 1 is 0.754 bits per heavy atom. The first-order valence-electron chi connectivity index (χ1n) is 22.9. The van der Waals surface area contributed by atoms with E-state index in [1.54, 1.807) is 0 Å². The lowest BCUT2D eigenvalue weighted by molar-refractivity contribution is -0.309. The van der Waals surface area contributed by atoms with Gasteiger partial charge in [0.15, 0.2) is 0 Å².